The summed E-state index contributed by atoms with van der Waals surface area (Å²) in [5, 5.41) is 9.26. The van der Waals surface area contributed by atoms with Crippen LogP contribution in [0.15, 0.2) is 133 Å². The predicted molar refractivity (Wildman–Crippen MR) is 179 cm³/mol. The van der Waals surface area contributed by atoms with Crippen LogP contribution in [-0.2, 0) is 11.8 Å². The van der Waals surface area contributed by atoms with Gasteiger partial charge in [-0.25, -0.2) is 0 Å². The Hall–Kier alpha value is -4.36. The second-order valence-corrected chi connectivity index (χ2v) is 12.3. The lowest BCUT2D eigenvalue weighted by atomic mass is 9.57. The largest absolute Gasteiger partial charge is 0.0843 e. The molecule has 0 radical (unpaired) electrons. The minimum Gasteiger partial charge on any atom is -0.0843 e. The average molecular weight is 576 g/mol. The zero-order valence-corrected chi connectivity index (χ0v) is 24.2. The number of benzene rings is 7. The van der Waals surface area contributed by atoms with Crippen LogP contribution < -0.4 is 0 Å². The normalized spacial score (nSPS) is 14.9. The lowest BCUT2D eigenvalue weighted by Gasteiger charge is -2.44. The van der Waals surface area contributed by atoms with Crippen molar-refractivity contribution in [1.82, 2.24) is 0 Å². The fourth-order valence-corrected chi connectivity index (χ4v) is 8.23. The summed E-state index contributed by atoms with van der Waals surface area (Å²) >= 11 is 13.1. The van der Waals surface area contributed by atoms with Gasteiger partial charge in [-0.3, -0.25) is 0 Å². The number of fused-ring (bicyclic) bond motifs is 8. The molecule has 0 atom stereocenters. The molecular formula is C40H24Cl2. The molecule has 42 heavy (non-hydrogen) atoms. The van der Waals surface area contributed by atoms with Gasteiger partial charge in [0.15, 0.2) is 0 Å². The van der Waals surface area contributed by atoms with Crippen LogP contribution in [0.5, 0.6) is 0 Å². The molecule has 0 heterocycles. The smallest absolute Gasteiger partial charge is 0.0719 e. The first-order chi connectivity index (χ1) is 20.7. The third kappa shape index (κ3) is 3.09. The molecule has 0 saturated carbocycles. The highest BCUT2D eigenvalue weighted by Gasteiger charge is 2.50. The highest BCUT2D eigenvalue weighted by molar-refractivity contribution is 6.31. The number of rotatable bonds is 2. The molecule has 0 spiro atoms. The first kappa shape index (κ1) is 24.3. The number of hydrogen-bond donors (Lipinski definition) is 0. The van der Waals surface area contributed by atoms with Gasteiger partial charge in [0.2, 0.25) is 0 Å². The van der Waals surface area contributed by atoms with Gasteiger partial charge in [0.1, 0.15) is 0 Å². The Morgan fingerprint density at radius 2 is 1.00 bits per heavy atom. The first-order valence-electron chi connectivity index (χ1n) is 14.4. The van der Waals surface area contributed by atoms with E-state index in [4.69, 9.17) is 23.2 Å². The molecule has 2 aliphatic rings. The van der Waals surface area contributed by atoms with E-state index in [1.54, 1.807) is 0 Å². The summed E-state index contributed by atoms with van der Waals surface area (Å²) in [6, 6.07) is 48.4. The Labute approximate surface area is 254 Å². The van der Waals surface area contributed by atoms with Crippen molar-refractivity contribution in [3.8, 4) is 0 Å². The summed E-state index contributed by atoms with van der Waals surface area (Å²) < 4.78 is 0. The van der Waals surface area contributed by atoms with Crippen molar-refractivity contribution < 1.29 is 0 Å². The maximum atomic E-state index is 6.56. The van der Waals surface area contributed by atoms with E-state index in [9.17, 15) is 0 Å². The summed E-state index contributed by atoms with van der Waals surface area (Å²) in [5.41, 5.74) is 9.96. The van der Waals surface area contributed by atoms with Gasteiger partial charge in [0.05, 0.1) is 5.41 Å². The molecular weight excluding hydrogens is 551 g/mol. The molecule has 2 heteroatoms. The number of allylic oxidation sites excluding steroid dienone is 2. The number of hydrogen-bond acceptors (Lipinski definition) is 0. The second kappa shape index (κ2) is 8.82. The Morgan fingerprint density at radius 3 is 1.62 bits per heavy atom. The zero-order valence-electron chi connectivity index (χ0n) is 22.7. The van der Waals surface area contributed by atoms with Crippen molar-refractivity contribution >= 4 is 66.7 Å². The van der Waals surface area contributed by atoms with E-state index in [1.165, 1.54) is 76.8 Å². The van der Waals surface area contributed by atoms with Crippen molar-refractivity contribution in [2.24, 2.45) is 0 Å². The molecule has 0 aromatic heterocycles. The lowest BCUT2D eigenvalue weighted by molar-refractivity contribution is 0.790. The highest BCUT2D eigenvalue weighted by atomic mass is 35.5. The van der Waals surface area contributed by atoms with Crippen molar-refractivity contribution in [2.75, 3.05) is 0 Å². The quantitative estimate of drug-likeness (QED) is 0.180. The van der Waals surface area contributed by atoms with Gasteiger partial charge in [-0.1, -0.05) is 132 Å². The Balaban J connectivity index is 1.58. The Kier molecular flexibility index (Phi) is 5.09. The van der Waals surface area contributed by atoms with Gasteiger partial charge in [0, 0.05) is 10.0 Å². The maximum absolute atomic E-state index is 6.56. The SMILES string of the molecule is Clc1ccc(C2(c3ccc(Cl)cc3)C3=C(Cc4c2c2ccccc2c2ccccc42)c2cccc4cccc3c24)cc1. The van der Waals surface area contributed by atoms with E-state index < -0.39 is 5.41 Å². The standard InChI is InChI=1S/C40H24Cl2/c41-27-19-15-25(16-20-27)40(26-17-21-28(42)22-18-26)38-33-12-4-3-10-30(33)29-9-1-2-11-31(29)35(38)23-36-32-13-5-7-24-8-6-14-34(37(24)32)39(36)40/h1-22H,23H2. The molecule has 0 bridgehead atoms. The minimum absolute atomic E-state index is 0.602. The van der Waals surface area contributed by atoms with Crippen molar-refractivity contribution in [1.29, 1.82) is 0 Å². The van der Waals surface area contributed by atoms with Crippen LogP contribution in [0.2, 0.25) is 10.0 Å². The van der Waals surface area contributed by atoms with Gasteiger partial charge in [-0.05, 0) is 108 Å². The predicted octanol–water partition coefficient (Wildman–Crippen LogP) is 11.3. The van der Waals surface area contributed by atoms with Crippen LogP contribution >= 0.6 is 23.2 Å². The van der Waals surface area contributed by atoms with Crippen LogP contribution in [0.4, 0.5) is 0 Å². The van der Waals surface area contributed by atoms with Crippen molar-refractivity contribution in [3.05, 3.63) is 177 Å². The van der Waals surface area contributed by atoms with Crippen molar-refractivity contribution in [2.45, 2.75) is 11.8 Å². The maximum Gasteiger partial charge on any atom is 0.0719 e. The molecule has 0 unspecified atom stereocenters. The molecule has 0 saturated heterocycles. The topological polar surface area (TPSA) is 0 Å². The molecule has 7 aromatic rings. The van der Waals surface area contributed by atoms with Crippen molar-refractivity contribution in [3.63, 3.8) is 0 Å². The molecule has 7 aromatic carbocycles. The Bertz CT molecular complexity index is 2220. The molecule has 9 rings (SSSR count). The third-order valence-corrected chi connectivity index (χ3v) is 10.0. The van der Waals surface area contributed by atoms with Crippen LogP contribution in [0.25, 0.3) is 43.5 Å². The fourth-order valence-electron chi connectivity index (χ4n) is 7.98. The molecule has 0 nitrogen and oxygen atoms in total. The third-order valence-electron chi connectivity index (χ3n) is 9.50. The summed E-state index contributed by atoms with van der Waals surface area (Å²) in [5.74, 6) is 0. The average Bonchev–Trinajstić information content (AvgIpc) is 3.36. The molecule has 0 N–H and O–H groups in total. The Morgan fingerprint density at radius 1 is 0.476 bits per heavy atom. The number of halogens is 2. The monoisotopic (exact) mass is 574 g/mol. The van der Waals surface area contributed by atoms with Crippen LogP contribution in [-0.4, -0.2) is 0 Å². The molecule has 2 aliphatic carbocycles. The fraction of sp³-hybridized carbons (Fsp3) is 0.0500. The van der Waals surface area contributed by atoms with E-state index in [0.29, 0.717) is 0 Å². The molecule has 0 fully saturated rings. The summed E-state index contributed by atoms with van der Waals surface area (Å²) in [6.07, 6.45) is 0.868. The molecule has 0 aliphatic heterocycles. The van der Waals surface area contributed by atoms with Gasteiger partial charge >= 0.3 is 0 Å². The summed E-state index contributed by atoms with van der Waals surface area (Å²) in [7, 11) is 0. The van der Waals surface area contributed by atoms with Crippen LogP contribution in [0.1, 0.15) is 33.4 Å². The van der Waals surface area contributed by atoms with E-state index in [0.717, 1.165) is 16.5 Å². The van der Waals surface area contributed by atoms with Crippen LogP contribution in [0, 0.1) is 0 Å². The van der Waals surface area contributed by atoms with Gasteiger partial charge in [-0.15, -0.1) is 0 Å². The molecule has 198 valence electrons. The van der Waals surface area contributed by atoms with E-state index in [2.05, 4.69) is 109 Å². The van der Waals surface area contributed by atoms with Gasteiger partial charge in [0.25, 0.3) is 0 Å². The highest BCUT2D eigenvalue weighted by Crippen LogP contribution is 2.62. The molecule has 0 amide bonds. The second-order valence-electron chi connectivity index (χ2n) is 11.4. The first-order valence-corrected chi connectivity index (χ1v) is 15.1. The van der Waals surface area contributed by atoms with Crippen LogP contribution in [0.3, 0.4) is 0 Å². The van der Waals surface area contributed by atoms with E-state index in [1.807, 2.05) is 24.3 Å². The summed E-state index contributed by atoms with van der Waals surface area (Å²) in [6.45, 7) is 0. The minimum atomic E-state index is -0.602. The lowest BCUT2D eigenvalue weighted by Crippen LogP contribution is -2.35. The van der Waals surface area contributed by atoms with Gasteiger partial charge < -0.3 is 0 Å². The van der Waals surface area contributed by atoms with E-state index >= 15 is 0 Å². The zero-order chi connectivity index (χ0) is 28.0. The van der Waals surface area contributed by atoms with Gasteiger partial charge in [-0.2, -0.15) is 0 Å². The van der Waals surface area contributed by atoms with E-state index in [-0.39, 0.29) is 0 Å². The summed E-state index contributed by atoms with van der Waals surface area (Å²) in [4.78, 5) is 0.